The van der Waals surface area contributed by atoms with Crippen LogP contribution in [-0.2, 0) is 10.0 Å². The van der Waals surface area contributed by atoms with Crippen LogP contribution in [0.15, 0.2) is 30.3 Å². The van der Waals surface area contributed by atoms with E-state index in [0.29, 0.717) is 51.0 Å². The predicted molar refractivity (Wildman–Crippen MR) is 124 cm³/mol. The third-order valence-electron chi connectivity index (χ3n) is 6.46. The van der Waals surface area contributed by atoms with Crippen LogP contribution in [0.1, 0.15) is 62.2 Å². The Bertz CT molecular complexity index is 793. The van der Waals surface area contributed by atoms with Gasteiger partial charge in [0.25, 0.3) is 5.91 Å². The van der Waals surface area contributed by atoms with E-state index in [-0.39, 0.29) is 18.2 Å². The Morgan fingerprint density at radius 1 is 1.06 bits per heavy atom. The molecule has 1 aliphatic carbocycles. The molecule has 1 heterocycles. The van der Waals surface area contributed by atoms with E-state index in [1.54, 1.807) is 24.3 Å². The fourth-order valence-corrected chi connectivity index (χ4v) is 6.29. The van der Waals surface area contributed by atoms with Crippen molar-refractivity contribution in [3.05, 3.63) is 35.9 Å². The molecule has 176 valence electrons. The summed E-state index contributed by atoms with van der Waals surface area (Å²) >= 11 is 0. The molecule has 3 rings (SSSR count). The van der Waals surface area contributed by atoms with Crippen molar-refractivity contribution in [3.63, 3.8) is 0 Å². The Balaban J connectivity index is 0.00000341. The summed E-state index contributed by atoms with van der Waals surface area (Å²) in [6.45, 7) is 3.60. The van der Waals surface area contributed by atoms with Crippen molar-refractivity contribution in [1.82, 2.24) is 14.5 Å². The molecule has 1 atom stereocenters. The minimum absolute atomic E-state index is 0. The Hall–Kier alpha value is -1.22. The van der Waals surface area contributed by atoms with Gasteiger partial charge in [0.1, 0.15) is 0 Å². The summed E-state index contributed by atoms with van der Waals surface area (Å²) in [7, 11) is -3.25. The molecule has 1 aromatic rings. The molecular formula is C22H35ClFN3O3S. The highest BCUT2D eigenvalue weighted by Gasteiger charge is 2.46. The lowest BCUT2D eigenvalue weighted by Gasteiger charge is -2.49. The second-order valence-electron chi connectivity index (χ2n) is 8.42. The number of rotatable bonds is 7. The van der Waals surface area contributed by atoms with Crippen molar-refractivity contribution in [2.75, 3.05) is 31.9 Å². The standard InChI is InChI=1S/C22H34FN3O3S.ClH/c1-2-18-30(28,29)26-16-14-25(15-17-26)22(12-8-3-4-9-13-22)21(23)24-20(27)19-10-6-5-7-11-19;/h5-7,10-11,21H,2-4,8-9,12-18H2,1H3,(H,24,27);1H. The molecule has 2 aliphatic rings. The number of hydrogen-bond acceptors (Lipinski definition) is 4. The molecule has 1 saturated carbocycles. The number of amides is 1. The Kier molecular flexibility index (Phi) is 9.73. The second kappa shape index (κ2) is 11.6. The first kappa shape index (κ1) is 26.0. The summed E-state index contributed by atoms with van der Waals surface area (Å²) in [6.07, 6.45) is 4.38. The highest BCUT2D eigenvalue weighted by molar-refractivity contribution is 7.89. The molecule has 0 aromatic heterocycles. The van der Waals surface area contributed by atoms with Crippen LogP contribution < -0.4 is 5.32 Å². The van der Waals surface area contributed by atoms with Gasteiger partial charge >= 0.3 is 0 Å². The minimum Gasteiger partial charge on any atom is -0.321 e. The molecule has 1 amide bonds. The maximum atomic E-state index is 15.8. The number of carbonyl (C=O) groups is 1. The van der Waals surface area contributed by atoms with Gasteiger partial charge in [-0.25, -0.2) is 12.8 Å². The second-order valence-corrected chi connectivity index (χ2v) is 10.5. The van der Waals surface area contributed by atoms with E-state index in [0.717, 1.165) is 25.7 Å². The summed E-state index contributed by atoms with van der Waals surface area (Å²) in [5.74, 6) is -0.257. The summed E-state index contributed by atoms with van der Waals surface area (Å²) < 4.78 is 42.2. The van der Waals surface area contributed by atoms with E-state index in [9.17, 15) is 13.2 Å². The average molecular weight is 476 g/mol. The van der Waals surface area contributed by atoms with Crippen molar-refractivity contribution >= 4 is 28.3 Å². The number of nitrogens with zero attached hydrogens (tertiary/aromatic N) is 2. The normalized spacial score (nSPS) is 21.5. The molecular weight excluding hydrogens is 441 g/mol. The van der Waals surface area contributed by atoms with Crippen LogP contribution in [0, 0.1) is 0 Å². The lowest BCUT2D eigenvalue weighted by molar-refractivity contribution is -0.0297. The number of sulfonamides is 1. The van der Waals surface area contributed by atoms with E-state index in [1.807, 2.05) is 13.0 Å². The molecule has 31 heavy (non-hydrogen) atoms. The van der Waals surface area contributed by atoms with E-state index in [1.165, 1.54) is 4.31 Å². The third kappa shape index (κ3) is 6.18. The van der Waals surface area contributed by atoms with E-state index >= 15 is 4.39 Å². The zero-order valence-electron chi connectivity index (χ0n) is 18.3. The van der Waals surface area contributed by atoms with Crippen LogP contribution in [0.4, 0.5) is 4.39 Å². The molecule has 0 spiro atoms. The monoisotopic (exact) mass is 475 g/mol. The number of carbonyl (C=O) groups excluding carboxylic acids is 1. The topological polar surface area (TPSA) is 69.7 Å². The molecule has 9 heteroatoms. The first-order valence-corrected chi connectivity index (χ1v) is 12.7. The average Bonchev–Trinajstić information content (AvgIpc) is 3.01. The van der Waals surface area contributed by atoms with Crippen molar-refractivity contribution in [1.29, 1.82) is 0 Å². The van der Waals surface area contributed by atoms with Crippen molar-refractivity contribution in [3.8, 4) is 0 Å². The van der Waals surface area contributed by atoms with Gasteiger partial charge < -0.3 is 5.32 Å². The van der Waals surface area contributed by atoms with Crippen LogP contribution >= 0.6 is 12.4 Å². The van der Waals surface area contributed by atoms with Crippen molar-refractivity contribution < 1.29 is 17.6 Å². The quantitative estimate of drug-likeness (QED) is 0.483. The Morgan fingerprint density at radius 3 is 2.19 bits per heavy atom. The van der Waals surface area contributed by atoms with E-state index in [2.05, 4.69) is 10.2 Å². The fourth-order valence-electron chi connectivity index (χ4n) is 4.79. The van der Waals surface area contributed by atoms with Gasteiger partial charge in [-0.3, -0.25) is 9.69 Å². The smallest absolute Gasteiger partial charge is 0.253 e. The molecule has 2 fully saturated rings. The van der Waals surface area contributed by atoms with Gasteiger partial charge in [-0.2, -0.15) is 4.31 Å². The van der Waals surface area contributed by atoms with Gasteiger partial charge in [0.05, 0.1) is 11.3 Å². The number of piperazine rings is 1. The lowest BCUT2D eigenvalue weighted by atomic mass is 9.85. The van der Waals surface area contributed by atoms with Crippen LogP contribution in [0.5, 0.6) is 0 Å². The molecule has 1 saturated heterocycles. The van der Waals surface area contributed by atoms with Gasteiger partial charge in [0, 0.05) is 31.7 Å². The largest absolute Gasteiger partial charge is 0.321 e. The predicted octanol–water partition coefficient (Wildman–Crippen LogP) is 3.58. The van der Waals surface area contributed by atoms with Gasteiger partial charge in [-0.15, -0.1) is 12.4 Å². The van der Waals surface area contributed by atoms with Crippen molar-refractivity contribution in [2.45, 2.75) is 63.7 Å². The fraction of sp³-hybridized carbons (Fsp3) is 0.682. The van der Waals surface area contributed by atoms with Crippen molar-refractivity contribution in [2.24, 2.45) is 0 Å². The van der Waals surface area contributed by atoms with Crippen LogP contribution in [-0.4, -0.2) is 67.3 Å². The molecule has 6 nitrogen and oxygen atoms in total. The number of halogens is 2. The zero-order chi connectivity index (χ0) is 21.6. The van der Waals surface area contributed by atoms with Gasteiger partial charge in [-0.05, 0) is 31.4 Å². The molecule has 1 aromatic carbocycles. The zero-order valence-corrected chi connectivity index (χ0v) is 19.9. The SMILES string of the molecule is CCCS(=O)(=O)N1CCN(C2(C(F)NC(=O)c3ccccc3)CCCCCC2)CC1.Cl. The first-order valence-electron chi connectivity index (χ1n) is 11.1. The van der Waals surface area contributed by atoms with Crippen LogP contribution in [0.25, 0.3) is 0 Å². The van der Waals surface area contributed by atoms with Gasteiger partial charge in [0.15, 0.2) is 6.30 Å². The molecule has 1 aliphatic heterocycles. The van der Waals surface area contributed by atoms with E-state index in [4.69, 9.17) is 0 Å². The molecule has 1 unspecified atom stereocenters. The first-order chi connectivity index (χ1) is 14.4. The molecule has 0 bridgehead atoms. The van der Waals surface area contributed by atoms with Gasteiger partial charge in [0.2, 0.25) is 10.0 Å². The summed E-state index contributed by atoms with van der Waals surface area (Å²) in [5.41, 5.74) is -0.332. The minimum atomic E-state index is -3.25. The Labute approximate surface area is 192 Å². The highest BCUT2D eigenvalue weighted by Crippen LogP contribution is 2.37. The number of benzene rings is 1. The van der Waals surface area contributed by atoms with Crippen LogP contribution in [0.3, 0.4) is 0 Å². The van der Waals surface area contributed by atoms with E-state index < -0.39 is 27.8 Å². The maximum absolute atomic E-state index is 15.8. The molecule has 1 N–H and O–H groups in total. The van der Waals surface area contributed by atoms with Crippen LogP contribution in [0.2, 0.25) is 0 Å². The number of nitrogens with one attached hydrogen (secondary N) is 1. The number of hydrogen-bond donors (Lipinski definition) is 1. The molecule has 0 radical (unpaired) electrons. The third-order valence-corrected chi connectivity index (χ3v) is 8.53. The highest BCUT2D eigenvalue weighted by atomic mass is 35.5. The number of alkyl halides is 1. The maximum Gasteiger partial charge on any atom is 0.253 e. The van der Waals surface area contributed by atoms with Gasteiger partial charge in [-0.1, -0.05) is 50.8 Å². The summed E-state index contributed by atoms with van der Waals surface area (Å²) in [5, 5.41) is 2.61. The Morgan fingerprint density at radius 2 is 1.65 bits per heavy atom. The summed E-state index contributed by atoms with van der Waals surface area (Å²) in [4.78, 5) is 14.7. The lowest BCUT2D eigenvalue weighted by Crippen LogP contribution is -2.65. The summed E-state index contributed by atoms with van der Waals surface area (Å²) in [6, 6.07) is 8.71.